The summed E-state index contributed by atoms with van der Waals surface area (Å²) in [7, 11) is 0. The third-order valence-corrected chi connectivity index (χ3v) is 2.33. The van der Waals surface area contributed by atoms with Crippen molar-refractivity contribution in [3.63, 3.8) is 0 Å². The third kappa shape index (κ3) is 2.49. The van der Waals surface area contributed by atoms with Gasteiger partial charge in [0.05, 0.1) is 29.2 Å². The summed E-state index contributed by atoms with van der Waals surface area (Å²) in [4.78, 5) is 14.9. The summed E-state index contributed by atoms with van der Waals surface area (Å²) in [6.45, 7) is 0. The van der Waals surface area contributed by atoms with Crippen molar-refractivity contribution in [3.8, 4) is 5.82 Å². The predicted molar refractivity (Wildman–Crippen MR) is 59.3 cm³/mol. The van der Waals surface area contributed by atoms with Crippen molar-refractivity contribution in [2.45, 2.75) is 6.18 Å². The van der Waals surface area contributed by atoms with E-state index in [-0.39, 0.29) is 17.1 Å². The number of rotatable bonds is 2. The van der Waals surface area contributed by atoms with Crippen molar-refractivity contribution in [2.24, 2.45) is 5.73 Å². The number of nitrogens with zero attached hydrogens (tertiary/aromatic N) is 3. The molecule has 0 spiro atoms. The summed E-state index contributed by atoms with van der Waals surface area (Å²) in [6, 6.07) is 1.17. The molecule has 0 aliphatic heterocycles. The topological polar surface area (TPSA) is 99.8 Å². The number of aromatic nitrogens is 3. The number of carbonyl (C=O) groups excluding carboxylic acids is 1. The number of pyridine rings is 1. The molecular formula is C10H8F3N5O. The fraction of sp³-hybridized carbons (Fsp3) is 0.100. The second kappa shape index (κ2) is 4.26. The molecule has 0 fully saturated rings. The highest BCUT2D eigenvalue weighted by molar-refractivity contribution is 5.98. The number of amides is 1. The zero-order valence-electron chi connectivity index (χ0n) is 9.35. The lowest BCUT2D eigenvalue weighted by Crippen LogP contribution is -2.15. The highest BCUT2D eigenvalue weighted by atomic mass is 19.4. The van der Waals surface area contributed by atoms with E-state index in [0.29, 0.717) is 6.20 Å². The van der Waals surface area contributed by atoms with Gasteiger partial charge in [-0.15, -0.1) is 0 Å². The average molecular weight is 271 g/mol. The maximum absolute atomic E-state index is 12.4. The van der Waals surface area contributed by atoms with Gasteiger partial charge in [-0.25, -0.2) is 9.67 Å². The van der Waals surface area contributed by atoms with E-state index in [1.165, 1.54) is 6.07 Å². The van der Waals surface area contributed by atoms with Crippen molar-refractivity contribution in [2.75, 3.05) is 5.73 Å². The van der Waals surface area contributed by atoms with E-state index in [1.54, 1.807) is 0 Å². The number of nitrogens with two attached hydrogens (primary N) is 2. The first-order valence-electron chi connectivity index (χ1n) is 4.96. The Morgan fingerprint density at radius 3 is 2.53 bits per heavy atom. The van der Waals surface area contributed by atoms with Crippen LogP contribution in [0.1, 0.15) is 15.9 Å². The zero-order chi connectivity index (χ0) is 14.2. The number of primary amides is 1. The molecule has 100 valence electrons. The Kier molecular flexibility index (Phi) is 2.89. The Balaban J connectivity index is 2.45. The molecule has 2 heterocycles. The van der Waals surface area contributed by atoms with Crippen LogP contribution < -0.4 is 11.5 Å². The summed E-state index contributed by atoms with van der Waals surface area (Å²) in [5.41, 5.74) is 9.63. The first-order valence-corrected chi connectivity index (χ1v) is 4.96. The minimum absolute atomic E-state index is 0.0125. The number of anilines is 1. The van der Waals surface area contributed by atoms with Crippen LogP contribution in [0.4, 0.5) is 18.9 Å². The molecule has 0 aliphatic rings. The summed E-state index contributed by atoms with van der Waals surface area (Å²) >= 11 is 0. The van der Waals surface area contributed by atoms with Gasteiger partial charge in [0.1, 0.15) is 0 Å². The zero-order valence-corrected chi connectivity index (χ0v) is 9.35. The maximum atomic E-state index is 12.4. The summed E-state index contributed by atoms with van der Waals surface area (Å²) in [6.07, 6.45) is -1.96. The van der Waals surface area contributed by atoms with Gasteiger partial charge in [0.15, 0.2) is 5.82 Å². The molecule has 2 rings (SSSR count). The maximum Gasteiger partial charge on any atom is 0.419 e. The highest BCUT2D eigenvalue weighted by Crippen LogP contribution is 2.29. The van der Waals surface area contributed by atoms with Crippen LogP contribution in [0.2, 0.25) is 0 Å². The van der Waals surface area contributed by atoms with Crippen LogP contribution in [0.3, 0.4) is 0 Å². The molecule has 0 bridgehead atoms. The molecule has 0 radical (unpaired) electrons. The van der Waals surface area contributed by atoms with E-state index in [4.69, 9.17) is 11.5 Å². The van der Waals surface area contributed by atoms with Crippen LogP contribution >= 0.6 is 0 Å². The van der Waals surface area contributed by atoms with Crippen molar-refractivity contribution < 1.29 is 18.0 Å². The first-order chi connectivity index (χ1) is 8.79. The predicted octanol–water partition coefficient (Wildman–Crippen LogP) is 0.967. The van der Waals surface area contributed by atoms with Gasteiger partial charge >= 0.3 is 6.18 Å². The van der Waals surface area contributed by atoms with Gasteiger partial charge in [-0.2, -0.15) is 18.3 Å². The number of hydrogen-bond donors (Lipinski definition) is 2. The van der Waals surface area contributed by atoms with Gasteiger partial charge in [0.2, 0.25) is 0 Å². The minimum atomic E-state index is -4.50. The van der Waals surface area contributed by atoms with Gasteiger partial charge in [-0.3, -0.25) is 4.79 Å². The van der Waals surface area contributed by atoms with Gasteiger partial charge in [-0.1, -0.05) is 0 Å². The van der Waals surface area contributed by atoms with Crippen LogP contribution in [0.15, 0.2) is 24.7 Å². The van der Waals surface area contributed by atoms with Crippen molar-refractivity contribution in [1.29, 1.82) is 0 Å². The number of hydrogen-bond acceptors (Lipinski definition) is 4. The van der Waals surface area contributed by atoms with Gasteiger partial charge < -0.3 is 11.5 Å². The lowest BCUT2D eigenvalue weighted by atomic mass is 10.2. The molecular weight excluding hydrogens is 263 g/mol. The largest absolute Gasteiger partial charge is 0.419 e. The number of carbonyl (C=O) groups is 1. The highest BCUT2D eigenvalue weighted by Gasteiger charge is 2.32. The van der Waals surface area contributed by atoms with Crippen LogP contribution in [-0.2, 0) is 6.18 Å². The summed E-state index contributed by atoms with van der Waals surface area (Å²) in [5.74, 6) is -0.789. The molecule has 0 aromatic carbocycles. The van der Waals surface area contributed by atoms with Gasteiger partial charge in [0, 0.05) is 6.20 Å². The Hall–Kier alpha value is -2.58. The molecule has 1 amide bonds. The first kappa shape index (κ1) is 12.9. The second-order valence-electron chi connectivity index (χ2n) is 3.67. The quantitative estimate of drug-likeness (QED) is 0.849. The van der Waals surface area contributed by atoms with Gasteiger partial charge in [0.25, 0.3) is 5.91 Å². The molecule has 0 unspecified atom stereocenters. The molecule has 0 saturated carbocycles. The standard InChI is InChI=1S/C10H8F3N5O/c11-10(12,13)5-2-17-18(4-5)8-1-6(9(15)19)7(14)3-16-8/h1-4H,14H2,(H2,15,19). The van der Waals surface area contributed by atoms with Crippen molar-refractivity contribution >= 4 is 11.6 Å². The van der Waals surface area contributed by atoms with E-state index in [9.17, 15) is 18.0 Å². The Morgan fingerprint density at radius 2 is 2.00 bits per heavy atom. The van der Waals surface area contributed by atoms with Crippen LogP contribution in [-0.4, -0.2) is 20.7 Å². The number of alkyl halides is 3. The van der Waals surface area contributed by atoms with Crippen LogP contribution in [0.5, 0.6) is 0 Å². The Morgan fingerprint density at radius 1 is 1.32 bits per heavy atom. The second-order valence-corrected chi connectivity index (χ2v) is 3.67. The summed E-state index contributed by atoms with van der Waals surface area (Å²) < 4.78 is 38.1. The number of nitrogen functional groups attached to an aromatic ring is 1. The molecule has 2 aromatic rings. The molecule has 4 N–H and O–H groups in total. The molecule has 6 nitrogen and oxygen atoms in total. The Labute approximate surface area is 104 Å². The minimum Gasteiger partial charge on any atom is -0.397 e. The molecule has 19 heavy (non-hydrogen) atoms. The van der Waals surface area contributed by atoms with E-state index in [0.717, 1.165) is 17.1 Å². The molecule has 0 aliphatic carbocycles. The molecule has 0 saturated heterocycles. The van der Waals surface area contributed by atoms with E-state index < -0.39 is 17.6 Å². The van der Waals surface area contributed by atoms with Crippen LogP contribution in [0, 0.1) is 0 Å². The third-order valence-electron chi connectivity index (χ3n) is 2.33. The SMILES string of the molecule is NC(=O)c1cc(-n2cc(C(F)(F)F)cn2)ncc1N. The molecule has 9 heteroatoms. The lowest BCUT2D eigenvalue weighted by Gasteiger charge is -2.05. The smallest absolute Gasteiger partial charge is 0.397 e. The Bertz CT molecular complexity index is 634. The van der Waals surface area contributed by atoms with Gasteiger partial charge in [-0.05, 0) is 6.07 Å². The fourth-order valence-electron chi connectivity index (χ4n) is 1.39. The number of halogens is 3. The van der Waals surface area contributed by atoms with E-state index in [2.05, 4.69) is 10.1 Å². The van der Waals surface area contributed by atoms with E-state index >= 15 is 0 Å². The van der Waals surface area contributed by atoms with Crippen molar-refractivity contribution in [1.82, 2.24) is 14.8 Å². The fourth-order valence-corrected chi connectivity index (χ4v) is 1.39. The monoisotopic (exact) mass is 271 g/mol. The average Bonchev–Trinajstić information content (AvgIpc) is 2.78. The normalized spacial score (nSPS) is 11.5. The van der Waals surface area contributed by atoms with E-state index in [1.807, 2.05) is 0 Å². The lowest BCUT2D eigenvalue weighted by molar-refractivity contribution is -0.137. The molecule has 0 atom stereocenters. The summed E-state index contributed by atoms with van der Waals surface area (Å²) in [5, 5.41) is 3.52. The van der Waals surface area contributed by atoms with Crippen molar-refractivity contribution in [3.05, 3.63) is 35.8 Å². The van der Waals surface area contributed by atoms with Crippen LogP contribution in [0.25, 0.3) is 5.82 Å². The molecule has 2 aromatic heterocycles.